The molecule has 0 N–H and O–H groups in total. The summed E-state index contributed by atoms with van der Waals surface area (Å²) in [4.78, 5) is 0. The van der Waals surface area contributed by atoms with Crippen LogP contribution in [-0.2, 0) is 9.47 Å². The molecule has 2 heteroatoms. The smallest absolute Gasteiger partial charge is 0.169 e. The van der Waals surface area contributed by atoms with E-state index in [1.807, 2.05) is 0 Å². The van der Waals surface area contributed by atoms with Crippen LogP contribution in [0.3, 0.4) is 0 Å². The Hall–Kier alpha value is -0.340. The quantitative estimate of drug-likeness (QED) is 0.646. The van der Waals surface area contributed by atoms with Gasteiger partial charge in [0.2, 0.25) is 0 Å². The van der Waals surface area contributed by atoms with Gasteiger partial charge < -0.3 is 9.47 Å². The Balaban J connectivity index is 1.90. The van der Waals surface area contributed by atoms with Gasteiger partial charge in [0.1, 0.15) is 0 Å². The summed E-state index contributed by atoms with van der Waals surface area (Å²) in [5, 5.41) is 0. The van der Waals surface area contributed by atoms with Crippen LogP contribution in [0, 0.1) is 5.92 Å². The van der Waals surface area contributed by atoms with Crippen LogP contribution in [0.15, 0.2) is 12.2 Å². The Kier molecular flexibility index (Phi) is 2.93. The third-order valence-corrected chi connectivity index (χ3v) is 3.39. The van der Waals surface area contributed by atoms with Crippen molar-refractivity contribution in [3.8, 4) is 0 Å². The van der Waals surface area contributed by atoms with Crippen molar-refractivity contribution in [2.45, 2.75) is 44.8 Å². The lowest BCUT2D eigenvalue weighted by Gasteiger charge is -2.22. The molecule has 2 rings (SSSR count). The second-order valence-corrected chi connectivity index (χ2v) is 4.46. The minimum atomic E-state index is -0.221. The fourth-order valence-electron chi connectivity index (χ4n) is 2.61. The summed E-state index contributed by atoms with van der Waals surface area (Å²) in [7, 11) is 0. The lowest BCUT2D eigenvalue weighted by atomic mass is 9.95. The molecule has 1 atom stereocenters. The van der Waals surface area contributed by atoms with Crippen LogP contribution in [-0.4, -0.2) is 19.0 Å². The van der Waals surface area contributed by atoms with Gasteiger partial charge in [0.05, 0.1) is 13.2 Å². The molecule has 1 unspecified atom stereocenters. The van der Waals surface area contributed by atoms with E-state index in [1.165, 1.54) is 18.4 Å². The molecule has 0 aromatic rings. The van der Waals surface area contributed by atoms with E-state index in [1.54, 1.807) is 0 Å². The first-order chi connectivity index (χ1) is 6.76. The fraction of sp³-hybridized carbons (Fsp3) is 0.833. The average Bonchev–Trinajstić information content (AvgIpc) is 2.78. The topological polar surface area (TPSA) is 18.5 Å². The van der Waals surface area contributed by atoms with Gasteiger partial charge in [-0.25, -0.2) is 0 Å². The molecule has 80 valence electrons. The number of hydrogen-bond donors (Lipinski definition) is 0. The molecule has 0 radical (unpaired) electrons. The van der Waals surface area contributed by atoms with Crippen LogP contribution in [0.1, 0.15) is 39.0 Å². The highest BCUT2D eigenvalue weighted by atomic mass is 16.7. The van der Waals surface area contributed by atoms with Crippen LogP contribution in [0.25, 0.3) is 0 Å². The molecular weight excluding hydrogens is 176 g/mol. The highest BCUT2D eigenvalue weighted by Gasteiger charge is 2.44. The Bertz CT molecular complexity index is 216. The Morgan fingerprint density at radius 3 is 2.79 bits per heavy atom. The first kappa shape index (κ1) is 10.2. The van der Waals surface area contributed by atoms with Gasteiger partial charge in [-0.05, 0) is 18.8 Å². The summed E-state index contributed by atoms with van der Waals surface area (Å²) in [5.41, 5.74) is 1.39. The molecule has 2 aliphatic rings. The van der Waals surface area contributed by atoms with Crippen LogP contribution in [0.2, 0.25) is 0 Å². The van der Waals surface area contributed by atoms with Gasteiger partial charge >= 0.3 is 0 Å². The van der Waals surface area contributed by atoms with Crippen molar-refractivity contribution < 1.29 is 9.47 Å². The van der Waals surface area contributed by atoms with Crippen molar-refractivity contribution in [2.24, 2.45) is 5.92 Å². The molecule has 1 spiro atoms. The molecule has 2 nitrogen and oxygen atoms in total. The van der Waals surface area contributed by atoms with Crippen LogP contribution >= 0.6 is 0 Å². The summed E-state index contributed by atoms with van der Waals surface area (Å²) >= 11 is 0. The molecular formula is C12H20O2. The molecule has 14 heavy (non-hydrogen) atoms. The fourth-order valence-corrected chi connectivity index (χ4v) is 2.61. The van der Waals surface area contributed by atoms with E-state index >= 15 is 0 Å². The van der Waals surface area contributed by atoms with Crippen LogP contribution in [0.5, 0.6) is 0 Å². The minimum Gasteiger partial charge on any atom is -0.348 e. The van der Waals surface area contributed by atoms with E-state index < -0.39 is 0 Å². The van der Waals surface area contributed by atoms with Gasteiger partial charge in [-0.2, -0.15) is 0 Å². The molecule has 0 amide bonds. The maximum absolute atomic E-state index is 5.70. The summed E-state index contributed by atoms with van der Waals surface area (Å²) in [6.07, 6.45) is 5.63. The predicted octanol–water partition coefficient (Wildman–Crippen LogP) is 2.89. The predicted molar refractivity (Wildman–Crippen MR) is 56.0 cm³/mol. The summed E-state index contributed by atoms with van der Waals surface area (Å²) in [5.74, 6) is 0.412. The summed E-state index contributed by atoms with van der Waals surface area (Å²) in [6, 6.07) is 0. The summed E-state index contributed by atoms with van der Waals surface area (Å²) < 4.78 is 11.4. The first-order valence-corrected chi connectivity index (χ1v) is 5.71. The van der Waals surface area contributed by atoms with Gasteiger partial charge in [0.25, 0.3) is 0 Å². The maximum Gasteiger partial charge on any atom is 0.169 e. The molecule has 2 fully saturated rings. The zero-order chi connectivity index (χ0) is 10.0. The van der Waals surface area contributed by atoms with Crippen LogP contribution < -0.4 is 0 Å². The van der Waals surface area contributed by atoms with Crippen molar-refractivity contribution in [1.82, 2.24) is 0 Å². The van der Waals surface area contributed by atoms with Crippen molar-refractivity contribution in [1.29, 1.82) is 0 Å². The molecule has 0 bridgehead atoms. The molecule has 1 saturated heterocycles. The molecule has 1 aliphatic carbocycles. The third kappa shape index (κ3) is 1.86. The number of rotatable bonds is 3. The van der Waals surface area contributed by atoms with Gasteiger partial charge in [-0.15, -0.1) is 0 Å². The number of hydrogen-bond acceptors (Lipinski definition) is 2. The molecule has 1 saturated carbocycles. The van der Waals surface area contributed by atoms with E-state index in [4.69, 9.17) is 9.47 Å². The molecule has 0 aromatic carbocycles. The standard InChI is InChI=1S/C12H20O2/c1-3-4-10(2)11-5-6-12(9-11)13-7-8-14-12/h11H,2-9H2,1H3. The van der Waals surface area contributed by atoms with Crippen molar-refractivity contribution in [2.75, 3.05) is 13.2 Å². The highest BCUT2D eigenvalue weighted by molar-refractivity contribution is 5.06. The zero-order valence-corrected chi connectivity index (χ0v) is 9.05. The van der Waals surface area contributed by atoms with Crippen molar-refractivity contribution in [3.63, 3.8) is 0 Å². The van der Waals surface area contributed by atoms with E-state index in [-0.39, 0.29) is 5.79 Å². The van der Waals surface area contributed by atoms with Crippen molar-refractivity contribution in [3.05, 3.63) is 12.2 Å². The van der Waals surface area contributed by atoms with E-state index in [0.717, 1.165) is 32.5 Å². The van der Waals surface area contributed by atoms with Gasteiger partial charge in [-0.3, -0.25) is 0 Å². The Morgan fingerprint density at radius 2 is 2.14 bits per heavy atom. The average molecular weight is 196 g/mol. The van der Waals surface area contributed by atoms with E-state index in [9.17, 15) is 0 Å². The first-order valence-electron chi connectivity index (χ1n) is 5.71. The highest BCUT2D eigenvalue weighted by Crippen LogP contribution is 2.44. The second-order valence-electron chi connectivity index (χ2n) is 4.46. The molecule has 0 aromatic heterocycles. The SMILES string of the molecule is C=C(CCC)C1CCC2(C1)OCCO2. The lowest BCUT2D eigenvalue weighted by molar-refractivity contribution is -0.151. The maximum atomic E-state index is 5.70. The Labute approximate surface area is 86.3 Å². The largest absolute Gasteiger partial charge is 0.348 e. The lowest BCUT2D eigenvalue weighted by Crippen LogP contribution is -2.26. The molecule has 1 heterocycles. The zero-order valence-electron chi connectivity index (χ0n) is 9.05. The number of allylic oxidation sites excluding steroid dienone is 1. The van der Waals surface area contributed by atoms with Crippen molar-refractivity contribution >= 4 is 0 Å². The van der Waals surface area contributed by atoms with Gasteiger partial charge in [-0.1, -0.05) is 25.5 Å². The van der Waals surface area contributed by atoms with E-state index in [2.05, 4.69) is 13.5 Å². The van der Waals surface area contributed by atoms with Gasteiger partial charge in [0, 0.05) is 12.8 Å². The Morgan fingerprint density at radius 1 is 1.43 bits per heavy atom. The summed E-state index contributed by atoms with van der Waals surface area (Å²) in [6.45, 7) is 7.92. The third-order valence-electron chi connectivity index (χ3n) is 3.39. The van der Waals surface area contributed by atoms with E-state index in [0.29, 0.717) is 5.92 Å². The minimum absolute atomic E-state index is 0.221. The molecule has 1 aliphatic heterocycles. The van der Waals surface area contributed by atoms with Crippen LogP contribution in [0.4, 0.5) is 0 Å². The van der Waals surface area contributed by atoms with Gasteiger partial charge in [0.15, 0.2) is 5.79 Å². The number of ether oxygens (including phenoxy) is 2. The normalized spacial score (nSPS) is 29.9. The second kappa shape index (κ2) is 4.03. The monoisotopic (exact) mass is 196 g/mol.